The first-order valence-electron chi connectivity index (χ1n) is 14.4. The van der Waals surface area contributed by atoms with Gasteiger partial charge in [-0.3, -0.25) is 9.69 Å². The van der Waals surface area contributed by atoms with Gasteiger partial charge in [0.2, 0.25) is 0 Å². The van der Waals surface area contributed by atoms with Crippen LogP contribution in [0.3, 0.4) is 0 Å². The van der Waals surface area contributed by atoms with Crippen molar-refractivity contribution in [3.05, 3.63) is 130 Å². The highest BCUT2D eigenvalue weighted by atomic mass is 35.5. The van der Waals surface area contributed by atoms with Crippen LogP contribution in [0.25, 0.3) is 0 Å². The quantitative estimate of drug-likeness (QED) is 0.148. The Labute approximate surface area is 265 Å². The number of aryl methyl sites for hydroxylation is 1. The van der Waals surface area contributed by atoms with E-state index in [-0.39, 0.29) is 18.3 Å². The molecule has 0 bridgehead atoms. The lowest BCUT2D eigenvalue weighted by atomic mass is 9.90. The van der Waals surface area contributed by atoms with Crippen LogP contribution in [0.5, 0.6) is 5.75 Å². The normalized spacial score (nSPS) is 11.6. The van der Waals surface area contributed by atoms with Gasteiger partial charge in [0.1, 0.15) is 11.6 Å². The summed E-state index contributed by atoms with van der Waals surface area (Å²) in [6, 6.07) is 29.0. The molecule has 0 heterocycles. The lowest BCUT2D eigenvalue weighted by Crippen LogP contribution is -2.31. The molecule has 9 heteroatoms. The molecule has 0 saturated heterocycles. The smallest absolute Gasteiger partial charge is 0.257 e. The Balaban J connectivity index is 1.56. The van der Waals surface area contributed by atoms with Crippen molar-refractivity contribution in [3.63, 3.8) is 0 Å². The molecule has 44 heavy (non-hydrogen) atoms. The number of rotatable bonds is 13. The van der Waals surface area contributed by atoms with Crippen LogP contribution in [-0.4, -0.2) is 64.2 Å². The number of benzene rings is 4. The Morgan fingerprint density at radius 3 is 2.11 bits per heavy atom. The van der Waals surface area contributed by atoms with Crippen LogP contribution < -0.4 is 4.74 Å². The largest absolute Gasteiger partial charge is 0.493 e. The molecular formula is C35H38ClFN2O4S. The molecule has 4 rings (SSSR count). The monoisotopic (exact) mass is 636 g/mol. The first kappa shape index (κ1) is 33.2. The molecule has 0 aliphatic rings. The summed E-state index contributed by atoms with van der Waals surface area (Å²) in [5, 5.41) is 0.737. The maximum atomic E-state index is 15.1. The third-order valence-corrected chi connectivity index (χ3v) is 9.11. The molecule has 0 aliphatic carbocycles. The van der Waals surface area contributed by atoms with Gasteiger partial charge in [0.25, 0.3) is 5.91 Å². The van der Waals surface area contributed by atoms with Crippen molar-refractivity contribution in [2.24, 2.45) is 0 Å². The fourth-order valence-corrected chi connectivity index (χ4v) is 6.25. The number of halogens is 2. The molecule has 0 N–H and O–H groups in total. The van der Waals surface area contributed by atoms with E-state index in [0.717, 1.165) is 33.4 Å². The van der Waals surface area contributed by atoms with Crippen molar-refractivity contribution in [2.75, 3.05) is 40.0 Å². The number of carbonyl (C=O) groups is 1. The van der Waals surface area contributed by atoms with Gasteiger partial charge in [-0.05, 0) is 41.7 Å². The molecule has 0 atom stereocenters. The van der Waals surface area contributed by atoms with Crippen LogP contribution in [0.2, 0.25) is 5.02 Å². The second kappa shape index (κ2) is 14.8. The zero-order valence-corrected chi connectivity index (χ0v) is 27.0. The summed E-state index contributed by atoms with van der Waals surface area (Å²) in [6.45, 7) is 4.17. The molecule has 232 valence electrons. The number of nitrogens with zero attached hydrogens (tertiary/aromatic N) is 2. The van der Waals surface area contributed by atoms with Gasteiger partial charge in [-0.15, -0.1) is 0 Å². The molecule has 0 fully saturated rings. The zero-order chi connectivity index (χ0) is 31.9. The standard InChI is InChI=1S/C35H38ClFN2O4S/c1-25-13-11-18-28(34(25)36)23-39(24-30(26-14-7-5-8-15-26)27-16-9-6-10-17-27)19-12-20-43-29-21-31(37)33(35(40)38(2)3)32(22-29)44(4,41)42/h5-11,13-18,21-22,30H,12,19-20,23-24H2,1-4H3. The lowest BCUT2D eigenvalue weighted by Gasteiger charge is -2.29. The van der Waals surface area contributed by atoms with E-state index in [1.54, 1.807) is 0 Å². The Kier molecular flexibility index (Phi) is 11.2. The molecule has 0 aromatic heterocycles. The molecule has 6 nitrogen and oxygen atoms in total. The maximum absolute atomic E-state index is 15.1. The summed E-state index contributed by atoms with van der Waals surface area (Å²) in [4.78, 5) is 15.6. The second-order valence-electron chi connectivity index (χ2n) is 11.1. The minimum Gasteiger partial charge on any atom is -0.493 e. The summed E-state index contributed by atoms with van der Waals surface area (Å²) in [6.07, 6.45) is 1.52. The average molecular weight is 637 g/mol. The molecule has 4 aromatic rings. The topological polar surface area (TPSA) is 66.9 Å². The number of ether oxygens (including phenoxy) is 1. The lowest BCUT2D eigenvalue weighted by molar-refractivity contribution is 0.0819. The van der Waals surface area contributed by atoms with Gasteiger partial charge < -0.3 is 9.64 Å². The van der Waals surface area contributed by atoms with Crippen molar-refractivity contribution >= 4 is 27.3 Å². The van der Waals surface area contributed by atoms with Gasteiger partial charge in [-0.1, -0.05) is 90.5 Å². The Bertz CT molecular complexity index is 1640. The molecule has 0 aliphatic heterocycles. The average Bonchev–Trinajstić information content (AvgIpc) is 2.99. The van der Waals surface area contributed by atoms with Gasteiger partial charge in [-0.25, -0.2) is 12.8 Å². The maximum Gasteiger partial charge on any atom is 0.257 e. The summed E-state index contributed by atoms with van der Waals surface area (Å²) < 4.78 is 45.8. The fraction of sp³-hybridized carbons (Fsp3) is 0.286. The number of carbonyl (C=O) groups excluding carboxylic acids is 1. The first-order chi connectivity index (χ1) is 21.0. The zero-order valence-electron chi connectivity index (χ0n) is 25.5. The van der Waals surface area contributed by atoms with Gasteiger partial charge in [-0.2, -0.15) is 0 Å². The molecule has 0 spiro atoms. The van der Waals surface area contributed by atoms with Gasteiger partial charge in [0.05, 0.1) is 17.1 Å². The van der Waals surface area contributed by atoms with E-state index in [0.29, 0.717) is 26.1 Å². The Morgan fingerprint density at radius 2 is 1.55 bits per heavy atom. The molecule has 0 unspecified atom stereocenters. The Morgan fingerprint density at radius 1 is 0.932 bits per heavy atom. The SMILES string of the molecule is Cc1cccc(CN(CCCOc2cc(F)c(C(=O)N(C)C)c(S(C)(=O)=O)c2)CC(c2ccccc2)c2ccccc2)c1Cl. The number of amides is 1. The predicted molar refractivity (Wildman–Crippen MR) is 174 cm³/mol. The number of sulfone groups is 1. The van der Waals surface area contributed by atoms with Gasteiger partial charge in [0, 0.05) is 57.0 Å². The van der Waals surface area contributed by atoms with Crippen LogP contribution >= 0.6 is 11.6 Å². The minimum atomic E-state index is -3.90. The predicted octanol–water partition coefficient (Wildman–Crippen LogP) is 7.00. The van der Waals surface area contributed by atoms with Gasteiger partial charge >= 0.3 is 0 Å². The summed E-state index contributed by atoms with van der Waals surface area (Å²) in [7, 11) is -1.02. The van der Waals surface area contributed by atoms with E-state index in [9.17, 15) is 13.2 Å². The van der Waals surface area contributed by atoms with Crippen molar-refractivity contribution in [1.82, 2.24) is 9.80 Å². The third-order valence-electron chi connectivity index (χ3n) is 7.44. The molecule has 0 saturated carbocycles. The molecular weight excluding hydrogens is 599 g/mol. The summed E-state index contributed by atoms with van der Waals surface area (Å²) in [5.74, 6) is -1.51. The minimum absolute atomic E-state index is 0.0537. The summed E-state index contributed by atoms with van der Waals surface area (Å²) in [5.41, 5.74) is 3.94. The van der Waals surface area contributed by atoms with Crippen molar-refractivity contribution in [2.45, 2.75) is 30.7 Å². The highest BCUT2D eigenvalue weighted by molar-refractivity contribution is 7.90. The summed E-state index contributed by atoms with van der Waals surface area (Å²) >= 11 is 6.71. The molecule has 4 aromatic carbocycles. The van der Waals surface area contributed by atoms with Crippen molar-refractivity contribution in [1.29, 1.82) is 0 Å². The van der Waals surface area contributed by atoms with Crippen LogP contribution in [0, 0.1) is 12.7 Å². The molecule has 1 amide bonds. The van der Waals surface area contributed by atoms with E-state index in [2.05, 4.69) is 29.2 Å². The van der Waals surface area contributed by atoms with Crippen LogP contribution in [0.15, 0.2) is 95.9 Å². The number of hydrogen-bond donors (Lipinski definition) is 0. The first-order valence-corrected chi connectivity index (χ1v) is 16.7. The Hall–Kier alpha value is -3.72. The highest BCUT2D eigenvalue weighted by Crippen LogP contribution is 2.29. The fourth-order valence-electron chi connectivity index (χ4n) is 5.18. The van der Waals surface area contributed by atoms with Crippen LogP contribution in [0.4, 0.5) is 4.39 Å². The number of hydrogen-bond acceptors (Lipinski definition) is 5. The van der Waals surface area contributed by atoms with Gasteiger partial charge in [0.15, 0.2) is 9.84 Å². The van der Waals surface area contributed by atoms with E-state index >= 15 is 4.39 Å². The highest BCUT2D eigenvalue weighted by Gasteiger charge is 2.26. The second-order valence-corrected chi connectivity index (χ2v) is 13.5. The van der Waals surface area contributed by atoms with E-state index in [1.165, 1.54) is 31.3 Å². The van der Waals surface area contributed by atoms with E-state index in [1.807, 2.05) is 61.5 Å². The van der Waals surface area contributed by atoms with Crippen LogP contribution in [-0.2, 0) is 16.4 Å². The van der Waals surface area contributed by atoms with E-state index in [4.69, 9.17) is 16.3 Å². The molecule has 0 radical (unpaired) electrons. The van der Waals surface area contributed by atoms with E-state index < -0.39 is 32.0 Å². The van der Waals surface area contributed by atoms with Crippen LogP contribution in [0.1, 0.15) is 45.0 Å². The third kappa shape index (κ3) is 8.46. The van der Waals surface area contributed by atoms with Crippen molar-refractivity contribution < 1.29 is 22.3 Å². The van der Waals surface area contributed by atoms with Crippen molar-refractivity contribution in [3.8, 4) is 5.75 Å².